The first-order valence-electron chi connectivity index (χ1n) is 8.97. The first-order valence-corrected chi connectivity index (χ1v) is 10.3. The highest BCUT2D eigenvalue weighted by molar-refractivity contribution is 7.71. The molecular formula is C19H23N4O2S2+. The van der Waals surface area contributed by atoms with Crippen molar-refractivity contribution in [2.75, 3.05) is 20.8 Å². The molecule has 0 radical (unpaired) electrons. The molecule has 6 nitrogen and oxygen atoms in total. The monoisotopic (exact) mass is 403 g/mol. The van der Waals surface area contributed by atoms with Crippen molar-refractivity contribution in [2.24, 2.45) is 0 Å². The van der Waals surface area contributed by atoms with Crippen LogP contribution in [0.25, 0.3) is 10.7 Å². The average Bonchev–Trinajstić information content (AvgIpc) is 3.43. The molecule has 2 aromatic heterocycles. The number of rotatable bonds is 6. The zero-order valence-corrected chi connectivity index (χ0v) is 17.0. The Labute approximate surface area is 167 Å². The summed E-state index contributed by atoms with van der Waals surface area (Å²) < 4.78 is 13.5. The van der Waals surface area contributed by atoms with Gasteiger partial charge in [0.25, 0.3) is 0 Å². The lowest BCUT2D eigenvalue weighted by molar-refractivity contribution is -0.941. The Bertz CT molecular complexity index is 965. The molecule has 0 aliphatic carbocycles. The van der Waals surface area contributed by atoms with Crippen LogP contribution in [0.2, 0.25) is 0 Å². The summed E-state index contributed by atoms with van der Waals surface area (Å²) in [5, 5.41) is 5.41. The molecule has 0 saturated carbocycles. The summed E-state index contributed by atoms with van der Waals surface area (Å²) in [6, 6.07) is 10.5. The maximum atomic E-state index is 5.64. The summed E-state index contributed by atoms with van der Waals surface area (Å²) in [5.74, 6) is 2.53. The summed E-state index contributed by atoms with van der Waals surface area (Å²) in [5.41, 5.74) is 1.22. The van der Waals surface area contributed by atoms with Crippen molar-refractivity contribution in [1.29, 1.82) is 0 Å². The van der Waals surface area contributed by atoms with Gasteiger partial charge in [0.15, 0.2) is 12.5 Å². The lowest BCUT2D eigenvalue weighted by Crippen LogP contribution is -3.09. The van der Waals surface area contributed by atoms with Crippen LogP contribution < -0.4 is 14.4 Å². The zero-order chi connectivity index (χ0) is 18.8. The number of quaternary nitrogens is 1. The molecule has 1 unspecified atom stereocenters. The van der Waals surface area contributed by atoms with Crippen molar-refractivity contribution in [3.63, 3.8) is 0 Å². The molecule has 1 fully saturated rings. The Kier molecular flexibility index (Phi) is 5.29. The fraction of sp³-hybridized carbons (Fsp3) is 0.368. The molecule has 2 N–H and O–H groups in total. The summed E-state index contributed by atoms with van der Waals surface area (Å²) in [4.78, 5) is 7.08. The van der Waals surface area contributed by atoms with Crippen molar-refractivity contribution in [2.45, 2.75) is 25.6 Å². The minimum absolute atomic E-state index is 0.362. The second kappa shape index (κ2) is 7.84. The van der Waals surface area contributed by atoms with E-state index in [9.17, 15) is 0 Å². The maximum Gasteiger partial charge on any atom is 0.221 e. The van der Waals surface area contributed by atoms with Crippen molar-refractivity contribution in [3.05, 3.63) is 46.0 Å². The van der Waals surface area contributed by atoms with Crippen LogP contribution in [0.4, 0.5) is 0 Å². The fourth-order valence-corrected chi connectivity index (χ4v) is 4.64. The molecule has 8 heteroatoms. The Hall–Kier alpha value is -2.16. The van der Waals surface area contributed by atoms with Gasteiger partial charge in [-0.1, -0.05) is 6.07 Å². The number of likely N-dealkylation sites (tertiary alicyclic amines) is 1. The van der Waals surface area contributed by atoms with Crippen LogP contribution in [0.5, 0.6) is 11.5 Å². The number of benzene rings is 1. The predicted molar refractivity (Wildman–Crippen MR) is 108 cm³/mol. The third-order valence-electron chi connectivity index (χ3n) is 5.09. The standard InChI is InChI=1S/C19H22N4O2S2/c1-24-13-7-8-14(16(11-13)25-2)15-5-3-9-22(15)12-23-19(26)20-18(21-23)17-6-4-10-27-17/h4,6-8,10-11,15H,3,5,9,12H2,1-2H3,(H,20,21,26)/p+1/t15-/m0/s1. The highest BCUT2D eigenvalue weighted by atomic mass is 32.1. The fourth-order valence-electron chi connectivity index (χ4n) is 3.77. The normalized spacial score (nSPS) is 19.3. The molecule has 1 saturated heterocycles. The summed E-state index contributed by atoms with van der Waals surface area (Å²) in [6.45, 7) is 1.85. The number of hydrogen-bond donors (Lipinski definition) is 2. The highest BCUT2D eigenvalue weighted by Crippen LogP contribution is 2.31. The zero-order valence-electron chi connectivity index (χ0n) is 15.4. The highest BCUT2D eigenvalue weighted by Gasteiger charge is 2.33. The van der Waals surface area contributed by atoms with Gasteiger partial charge in [-0.05, 0) is 35.8 Å². The third-order valence-corrected chi connectivity index (χ3v) is 6.28. The smallest absolute Gasteiger partial charge is 0.221 e. The van der Waals surface area contributed by atoms with Crippen LogP contribution in [0.15, 0.2) is 35.7 Å². The first-order chi connectivity index (χ1) is 13.2. The van der Waals surface area contributed by atoms with E-state index in [2.05, 4.69) is 22.2 Å². The Balaban J connectivity index is 1.59. The topological polar surface area (TPSA) is 56.5 Å². The van der Waals surface area contributed by atoms with E-state index in [0.29, 0.717) is 10.8 Å². The summed E-state index contributed by atoms with van der Waals surface area (Å²) in [6.07, 6.45) is 2.30. The van der Waals surface area contributed by atoms with Gasteiger partial charge in [-0.25, -0.2) is 4.68 Å². The van der Waals surface area contributed by atoms with Gasteiger partial charge in [-0.15, -0.1) is 11.3 Å². The third kappa shape index (κ3) is 3.65. The van der Waals surface area contributed by atoms with Gasteiger partial charge >= 0.3 is 0 Å². The molecule has 3 aromatic rings. The van der Waals surface area contributed by atoms with E-state index in [0.717, 1.165) is 41.8 Å². The number of ether oxygens (including phenoxy) is 2. The molecule has 4 rings (SSSR count). The molecule has 1 aliphatic rings. The van der Waals surface area contributed by atoms with Crippen LogP contribution >= 0.6 is 23.6 Å². The molecule has 0 spiro atoms. The Morgan fingerprint density at radius 3 is 2.96 bits per heavy atom. The van der Waals surface area contributed by atoms with Crippen LogP contribution in [-0.2, 0) is 6.67 Å². The lowest BCUT2D eigenvalue weighted by Gasteiger charge is -2.23. The van der Waals surface area contributed by atoms with Crippen molar-refractivity contribution >= 4 is 23.6 Å². The second-order valence-corrected chi connectivity index (χ2v) is 7.94. The molecule has 1 aromatic carbocycles. The van der Waals surface area contributed by atoms with Crippen LogP contribution in [-0.4, -0.2) is 35.5 Å². The predicted octanol–water partition coefficient (Wildman–Crippen LogP) is 3.06. The van der Waals surface area contributed by atoms with E-state index in [1.54, 1.807) is 25.6 Å². The molecular weight excluding hydrogens is 380 g/mol. The summed E-state index contributed by atoms with van der Waals surface area (Å²) in [7, 11) is 3.39. The van der Waals surface area contributed by atoms with Crippen LogP contribution in [0.1, 0.15) is 24.4 Å². The van der Waals surface area contributed by atoms with Crippen molar-refractivity contribution in [3.8, 4) is 22.2 Å². The van der Waals surface area contributed by atoms with Gasteiger partial charge in [0.1, 0.15) is 17.5 Å². The van der Waals surface area contributed by atoms with Crippen LogP contribution in [0.3, 0.4) is 0 Å². The minimum atomic E-state index is 0.362. The number of thiophene rings is 1. The molecule has 0 amide bonds. The average molecular weight is 404 g/mol. The number of nitrogens with one attached hydrogen (secondary N) is 2. The van der Waals surface area contributed by atoms with E-state index in [1.165, 1.54) is 16.9 Å². The minimum Gasteiger partial charge on any atom is -0.497 e. The second-order valence-electron chi connectivity index (χ2n) is 6.63. The molecule has 3 heterocycles. The van der Waals surface area contributed by atoms with Gasteiger partial charge < -0.3 is 14.4 Å². The van der Waals surface area contributed by atoms with Crippen molar-refractivity contribution < 1.29 is 14.4 Å². The number of nitrogens with zero attached hydrogens (tertiary/aromatic N) is 2. The largest absolute Gasteiger partial charge is 0.497 e. The van der Waals surface area contributed by atoms with Crippen molar-refractivity contribution in [1.82, 2.24) is 14.8 Å². The Morgan fingerprint density at radius 2 is 2.22 bits per heavy atom. The van der Waals surface area contributed by atoms with Gasteiger partial charge in [0.2, 0.25) is 4.77 Å². The molecule has 142 valence electrons. The maximum absolute atomic E-state index is 5.64. The number of H-pyrrole nitrogens is 1. The van der Waals surface area contributed by atoms with E-state index in [-0.39, 0.29) is 0 Å². The Morgan fingerprint density at radius 1 is 1.33 bits per heavy atom. The van der Waals surface area contributed by atoms with Crippen LogP contribution in [0, 0.1) is 4.77 Å². The molecule has 0 bridgehead atoms. The lowest BCUT2D eigenvalue weighted by atomic mass is 10.0. The molecule has 27 heavy (non-hydrogen) atoms. The van der Waals surface area contributed by atoms with E-state index >= 15 is 0 Å². The first kappa shape index (κ1) is 18.2. The number of aromatic nitrogens is 3. The van der Waals surface area contributed by atoms with Gasteiger partial charge in [-0.2, -0.15) is 4.98 Å². The van der Waals surface area contributed by atoms with E-state index in [4.69, 9.17) is 21.7 Å². The number of aromatic amines is 1. The van der Waals surface area contributed by atoms with Gasteiger partial charge in [0, 0.05) is 18.9 Å². The van der Waals surface area contributed by atoms with Gasteiger partial charge in [0.05, 0.1) is 31.2 Å². The van der Waals surface area contributed by atoms with Gasteiger partial charge in [-0.3, -0.25) is 5.10 Å². The quantitative estimate of drug-likeness (QED) is 0.621. The van der Waals surface area contributed by atoms with E-state index in [1.807, 2.05) is 28.3 Å². The number of methoxy groups -OCH3 is 2. The number of hydrogen-bond acceptors (Lipinski definition) is 5. The summed E-state index contributed by atoms with van der Waals surface area (Å²) >= 11 is 7.15. The molecule has 2 atom stereocenters. The molecule has 1 aliphatic heterocycles. The van der Waals surface area contributed by atoms with E-state index < -0.39 is 0 Å². The SMILES string of the molecule is COc1ccc([C@@H]2CCC[NH+]2Cn2[nH]c(-c3cccs3)nc2=S)c(OC)c1.